The molecule has 9 heteroatoms. The Morgan fingerprint density at radius 1 is 1.19 bits per heavy atom. The summed E-state index contributed by atoms with van der Waals surface area (Å²) in [4.78, 5) is 16.6. The Morgan fingerprint density at radius 2 is 1.89 bits per heavy atom. The summed E-state index contributed by atoms with van der Waals surface area (Å²) in [5.41, 5.74) is 0. The minimum Gasteiger partial charge on any atom is -0.486 e. The van der Waals surface area contributed by atoms with Gasteiger partial charge in [0.05, 0.1) is 5.75 Å². The van der Waals surface area contributed by atoms with E-state index in [-0.39, 0.29) is 5.91 Å². The quantitative estimate of drug-likeness (QED) is 0.654. The minimum atomic E-state index is 0.151. The zero-order chi connectivity index (χ0) is 19.2. The number of halogens is 1. The third-order valence-corrected chi connectivity index (χ3v) is 5.68. The molecular formula is C18H24ClN5O2S. The fourth-order valence-electron chi connectivity index (χ4n) is 2.80. The van der Waals surface area contributed by atoms with Crippen molar-refractivity contribution < 1.29 is 9.53 Å². The van der Waals surface area contributed by atoms with Gasteiger partial charge in [0.1, 0.15) is 12.4 Å². The maximum absolute atomic E-state index is 12.4. The standard InChI is InChI=1S/C18H24ClN5O2S/c1-3-24-16(12-26-15-6-4-14(19)5-7-15)20-21-18(24)27-13-17(25)23-10-8-22(2)9-11-23/h4-7H,3,8-13H2,1-2H3. The van der Waals surface area contributed by atoms with Crippen molar-refractivity contribution >= 4 is 29.3 Å². The number of piperazine rings is 1. The van der Waals surface area contributed by atoms with Gasteiger partial charge in [-0.25, -0.2) is 0 Å². The number of nitrogens with zero attached hydrogens (tertiary/aromatic N) is 5. The van der Waals surface area contributed by atoms with Crippen molar-refractivity contribution in [3.8, 4) is 5.75 Å². The molecular weight excluding hydrogens is 386 g/mol. The van der Waals surface area contributed by atoms with Crippen LogP contribution in [0.5, 0.6) is 5.75 Å². The van der Waals surface area contributed by atoms with Gasteiger partial charge >= 0.3 is 0 Å². The van der Waals surface area contributed by atoms with Crippen molar-refractivity contribution in [2.24, 2.45) is 0 Å². The van der Waals surface area contributed by atoms with E-state index in [9.17, 15) is 4.79 Å². The van der Waals surface area contributed by atoms with E-state index in [2.05, 4.69) is 22.1 Å². The Balaban J connectivity index is 1.55. The van der Waals surface area contributed by atoms with E-state index in [1.54, 1.807) is 12.1 Å². The first-order valence-corrected chi connectivity index (χ1v) is 10.3. The summed E-state index contributed by atoms with van der Waals surface area (Å²) in [6.45, 7) is 6.49. The summed E-state index contributed by atoms with van der Waals surface area (Å²) in [5, 5.41) is 9.88. The zero-order valence-corrected chi connectivity index (χ0v) is 17.2. The number of amides is 1. The van der Waals surface area contributed by atoms with E-state index in [1.807, 2.05) is 28.5 Å². The molecule has 0 unspecified atom stereocenters. The van der Waals surface area contributed by atoms with E-state index in [0.717, 1.165) is 49.5 Å². The number of aromatic nitrogens is 3. The number of carbonyl (C=O) groups is 1. The molecule has 0 spiro atoms. The van der Waals surface area contributed by atoms with Gasteiger partial charge in [0, 0.05) is 37.7 Å². The van der Waals surface area contributed by atoms with Crippen LogP contribution in [0.3, 0.4) is 0 Å². The molecule has 1 aromatic heterocycles. The lowest BCUT2D eigenvalue weighted by molar-refractivity contribution is -0.129. The van der Waals surface area contributed by atoms with Crippen molar-refractivity contribution in [1.29, 1.82) is 0 Å². The molecule has 0 N–H and O–H groups in total. The first kappa shape index (κ1) is 20.0. The normalized spacial score (nSPS) is 15.1. The molecule has 1 saturated heterocycles. The molecule has 146 valence electrons. The molecule has 1 aliphatic rings. The molecule has 1 aromatic carbocycles. The maximum atomic E-state index is 12.4. The number of hydrogen-bond donors (Lipinski definition) is 0. The summed E-state index contributed by atoms with van der Waals surface area (Å²) in [5.74, 6) is 1.99. The molecule has 27 heavy (non-hydrogen) atoms. The number of ether oxygens (including phenoxy) is 1. The van der Waals surface area contributed by atoms with Gasteiger partial charge in [0.2, 0.25) is 5.91 Å². The first-order valence-electron chi connectivity index (χ1n) is 8.96. The molecule has 0 saturated carbocycles. The zero-order valence-electron chi connectivity index (χ0n) is 15.6. The second-order valence-electron chi connectivity index (χ2n) is 6.36. The fraction of sp³-hybridized carbons (Fsp3) is 0.500. The number of hydrogen-bond acceptors (Lipinski definition) is 6. The van der Waals surface area contributed by atoms with Gasteiger partial charge in [0.25, 0.3) is 0 Å². The lowest BCUT2D eigenvalue weighted by Crippen LogP contribution is -2.47. The van der Waals surface area contributed by atoms with Crippen molar-refractivity contribution in [3.63, 3.8) is 0 Å². The Morgan fingerprint density at radius 3 is 2.56 bits per heavy atom. The SMILES string of the molecule is CCn1c(COc2ccc(Cl)cc2)nnc1SCC(=O)N1CCN(C)CC1. The summed E-state index contributed by atoms with van der Waals surface area (Å²) in [6.07, 6.45) is 0. The summed E-state index contributed by atoms with van der Waals surface area (Å²) >= 11 is 7.32. The second kappa shape index (κ2) is 9.43. The largest absolute Gasteiger partial charge is 0.486 e. The third kappa shape index (κ3) is 5.37. The molecule has 0 radical (unpaired) electrons. The predicted octanol–water partition coefficient (Wildman–Crippen LogP) is 2.40. The van der Waals surface area contributed by atoms with E-state index in [0.29, 0.717) is 17.4 Å². The summed E-state index contributed by atoms with van der Waals surface area (Å²) in [7, 11) is 2.08. The highest BCUT2D eigenvalue weighted by Gasteiger charge is 2.20. The number of thioether (sulfide) groups is 1. The average molecular weight is 410 g/mol. The number of likely N-dealkylation sites (N-methyl/N-ethyl adjacent to an activating group) is 1. The maximum Gasteiger partial charge on any atom is 0.233 e. The van der Waals surface area contributed by atoms with Crippen molar-refractivity contribution in [1.82, 2.24) is 24.6 Å². The number of rotatable bonds is 7. The van der Waals surface area contributed by atoms with Crippen LogP contribution in [0.1, 0.15) is 12.7 Å². The Labute approximate surface area is 168 Å². The van der Waals surface area contributed by atoms with Gasteiger partial charge in [0.15, 0.2) is 11.0 Å². The van der Waals surface area contributed by atoms with Crippen molar-refractivity contribution in [2.75, 3.05) is 39.0 Å². The van der Waals surface area contributed by atoms with Gasteiger partial charge < -0.3 is 19.1 Å². The first-order chi connectivity index (χ1) is 13.1. The van der Waals surface area contributed by atoms with Crippen LogP contribution in [0, 0.1) is 0 Å². The summed E-state index contributed by atoms with van der Waals surface area (Å²) in [6, 6.07) is 7.21. The van der Waals surface area contributed by atoms with Gasteiger partial charge in [-0.15, -0.1) is 10.2 Å². The molecule has 0 atom stereocenters. The Hall–Kier alpha value is -1.77. The monoisotopic (exact) mass is 409 g/mol. The van der Waals surface area contributed by atoms with Gasteiger partial charge in [-0.3, -0.25) is 4.79 Å². The van der Waals surface area contributed by atoms with E-state index >= 15 is 0 Å². The van der Waals surface area contributed by atoms with Crippen LogP contribution in [-0.4, -0.2) is 69.5 Å². The summed E-state index contributed by atoms with van der Waals surface area (Å²) < 4.78 is 7.75. The second-order valence-corrected chi connectivity index (χ2v) is 7.74. The van der Waals surface area contributed by atoms with Gasteiger partial charge in [-0.2, -0.15) is 0 Å². The van der Waals surface area contributed by atoms with Gasteiger partial charge in [-0.05, 0) is 38.2 Å². The number of carbonyl (C=O) groups excluding carboxylic acids is 1. The molecule has 2 aromatic rings. The number of benzene rings is 1. The van der Waals surface area contributed by atoms with Crippen LogP contribution in [0.4, 0.5) is 0 Å². The molecule has 0 aliphatic carbocycles. The minimum absolute atomic E-state index is 0.151. The molecule has 1 amide bonds. The van der Waals surface area contributed by atoms with Crippen molar-refractivity contribution in [2.45, 2.75) is 25.2 Å². The molecule has 1 aliphatic heterocycles. The highest BCUT2D eigenvalue weighted by Crippen LogP contribution is 2.20. The van der Waals surface area contributed by atoms with Crippen molar-refractivity contribution in [3.05, 3.63) is 35.1 Å². The van der Waals surface area contributed by atoms with Gasteiger partial charge in [-0.1, -0.05) is 23.4 Å². The third-order valence-electron chi connectivity index (χ3n) is 4.47. The van der Waals surface area contributed by atoms with Crippen LogP contribution in [0.2, 0.25) is 5.02 Å². The topological polar surface area (TPSA) is 63.5 Å². The smallest absolute Gasteiger partial charge is 0.233 e. The lowest BCUT2D eigenvalue weighted by atomic mass is 10.3. The Bertz CT molecular complexity index is 760. The molecule has 2 heterocycles. The van der Waals surface area contributed by atoms with E-state index in [4.69, 9.17) is 16.3 Å². The molecule has 7 nitrogen and oxygen atoms in total. The lowest BCUT2D eigenvalue weighted by Gasteiger charge is -2.32. The Kier molecular flexibility index (Phi) is 6.98. The fourth-order valence-corrected chi connectivity index (χ4v) is 3.85. The van der Waals surface area contributed by atoms with Crippen LogP contribution < -0.4 is 4.74 Å². The van der Waals surface area contributed by atoms with Crippen LogP contribution >= 0.6 is 23.4 Å². The van der Waals surface area contributed by atoms with Crippen LogP contribution in [0.25, 0.3) is 0 Å². The average Bonchev–Trinajstić information content (AvgIpc) is 3.08. The van der Waals surface area contributed by atoms with E-state index in [1.165, 1.54) is 11.8 Å². The molecule has 1 fully saturated rings. The molecule has 0 bridgehead atoms. The van der Waals surface area contributed by atoms with Crippen LogP contribution in [-0.2, 0) is 17.9 Å². The van der Waals surface area contributed by atoms with Crippen LogP contribution in [0.15, 0.2) is 29.4 Å². The molecule has 3 rings (SSSR count). The highest BCUT2D eigenvalue weighted by molar-refractivity contribution is 7.99. The predicted molar refractivity (Wildman–Crippen MR) is 106 cm³/mol. The highest BCUT2D eigenvalue weighted by atomic mass is 35.5. The van der Waals surface area contributed by atoms with E-state index < -0.39 is 0 Å².